The summed E-state index contributed by atoms with van der Waals surface area (Å²) in [7, 11) is 0. The number of hydrogen-bond acceptors (Lipinski definition) is 0. The van der Waals surface area contributed by atoms with E-state index in [2.05, 4.69) is 103 Å². The molecule has 0 aliphatic carbocycles. The third-order valence-corrected chi connectivity index (χ3v) is 8.12. The van der Waals surface area contributed by atoms with Gasteiger partial charge in [-0.15, -0.1) is 0 Å². The van der Waals surface area contributed by atoms with Gasteiger partial charge in [0, 0.05) is 22.8 Å². The smallest absolute Gasteiger partial charge is 0.493 e. The fourth-order valence-corrected chi connectivity index (χ4v) is 5.35. The van der Waals surface area contributed by atoms with E-state index in [0.29, 0.717) is 0 Å². The summed E-state index contributed by atoms with van der Waals surface area (Å²) in [5.41, 5.74) is 19.3. The summed E-state index contributed by atoms with van der Waals surface area (Å²) in [6.07, 6.45) is 25.5. The Hall–Kier alpha value is -1.99. The first-order chi connectivity index (χ1) is 21.5. The van der Waals surface area contributed by atoms with Gasteiger partial charge in [-0.1, -0.05) is 130 Å². The Balaban J connectivity index is 0.00000108. The van der Waals surface area contributed by atoms with Gasteiger partial charge in [0.05, 0.1) is 0 Å². The van der Waals surface area contributed by atoms with Gasteiger partial charge >= 0.3 is 16.5 Å². The van der Waals surface area contributed by atoms with Crippen LogP contribution in [0.15, 0.2) is 60.2 Å². The van der Waals surface area contributed by atoms with Crippen molar-refractivity contribution in [1.82, 2.24) is 0 Å². The Bertz CT molecular complexity index is 1080. The summed E-state index contributed by atoms with van der Waals surface area (Å²) < 4.78 is 1.43. The Morgan fingerprint density at radius 3 is 1.47 bits per heavy atom. The molecule has 254 valence electrons. The van der Waals surface area contributed by atoms with Gasteiger partial charge < -0.3 is 19.4 Å². The van der Waals surface area contributed by atoms with Gasteiger partial charge in [-0.2, -0.15) is 12.8 Å². The molecule has 0 fully saturated rings. The van der Waals surface area contributed by atoms with Crippen molar-refractivity contribution >= 4 is 11.4 Å². The van der Waals surface area contributed by atoms with Crippen molar-refractivity contribution in [2.75, 3.05) is 0 Å². The van der Waals surface area contributed by atoms with Crippen LogP contribution in [0.3, 0.4) is 0 Å². The van der Waals surface area contributed by atoms with E-state index in [1.807, 2.05) is 0 Å². The molecule has 0 aromatic heterocycles. The van der Waals surface area contributed by atoms with E-state index >= 15 is 0 Å². The second-order valence-corrected chi connectivity index (χ2v) is 12.3. The summed E-state index contributed by atoms with van der Waals surface area (Å²) in [6.45, 7) is 18.6. The van der Waals surface area contributed by atoms with Crippen molar-refractivity contribution in [2.24, 2.45) is 0 Å². The molecule has 0 bridgehead atoms. The van der Waals surface area contributed by atoms with E-state index in [9.17, 15) is 5.53 Å². The summed E-state index contributed by atoms with van der Waals surface area (Å²) in [6, 6.07) is 17.4. The van der Waals surface area contributed by atoms with Crippen LogP contribution < -0.4 is 0 Å². The normalized spacial score (nSPS) is 12.2. The maximum absolute atomic E-state index is 11.3. The molecule has 3 heteroatoms. The zero-order valence-corrected chi connectivity index (χ0v) is 30.7. The standard InChI is InChI=1S/C28H36N2.2C7H15.Ni/c1-4-7-12-22-14-10-17-24(19-22)27-21-26(16-9-6-3)28(30(27)29)25-18-11-15-23(20-25)13-8-5-2;2*1-3-5-7-6-4-2;/h10-11,14-15,17-21H,4-9,12-13,16H2,1-3H3;2*1,3-7H2,2H3;/q;2*-1;+2. The molecule has 2 nitrogen and oxygen atoms in total. The monoisotopic (exact) mass is 656 g/mol. The largest absolute Gasteiger partial charge is 2.00 e. The molecule has 1 aliphatic rings. The van der Waals surface area contributed by atoms with E-state index in [-0.39, 0.29) is 16.5 Å². The summed E-state index contributed by atoms with van der Waals surface area (Å²) in [5, 5.41) is 0. The maximum Gasteiger partial charge on any atom is 2.00 e. The van der Waals surface area contributed by atoms with Gasteiger partial charge in [0.25, 0.3) is 0 Å². The number of nitrogens with zero attached hydrogens (tertiary/aromatic N) is 2. The molecule has 0 radical (unpaired) electrons. The molecule has 2 aromatic rings. The summed E-state index contributed by atoms with van der Waals surface area (Å²) >= 11 is 0. The predicted molar refractivity (Wildman–Crippen MR) is 196 cm³/mol. The van der Waals surface area contributed by atoms with Crippen LogP contribution in [-0.4, -0.2) is 4.70 Å². The first-order valence-corrected chi connectivity index (χ1v) is 18.2. The third kappa shape index (κ3) is 17.5. The SMILES string of the molecule is CCCCC1=C(c2cccc(CCCC)c2)[N+](=[N-])C(c2cccc(CCCC)c2)=C1.[CH2-]CCCCCC.[CH2-]CCCCCC.[Ni+2]. The molecule has 3 rings (SSSR count). The molecule has 0 spiro atoms. The molecule has 2 aromatic carbocycles. The Morgan fingerprint density at radius 1 is 0.556 bits per heavy atom. The summed E-state index contributed by atoms with van der Waals surface area (Å²) in [4.78, 5) is 0. The molecule has 0 amide bonds. The van der Waals surface area contributed by atoms with Crippen LogP contribution in [0.2, 0.25) is 0 Å². The van der Waals surface area contributed by atoms with Gasteiger partial charge in [0.15, 0.2) is 0 Å². The fourth-order valence-electron chi connectivity index (χ4n) is 5.35. The second-order valence-electron chi connectivity index (χ2n) is 12.3. The van der Waals surface area contributed by atoms with E-state index in [1.165, 1.54) is 98.4 Å². The number of rotatable bonds is 19. The molecule has 0 saturated heterocycles. The first-order valence-electron chi connectivity index (χ1n) is 18.2. The van der Waals surface area contributed by atoms with Crippen molar-refractivity contribution in [3.05, 3.63) is 102 Å². The van der Waals surface area contributed by atoms with Crippen LogP contribution >= 0.6 is 0 Å². The minimum absolute atomic E-state index is 0. The number of unbranched alkanes of at least 4 members (excludes halogenated alkanes) is 11. The Morgan fingerprint density at radius 2 is 1.00 bits per heavy atom. The van der Waals surface area contributed by atoms with E-state index in [4.69, 9.17) is 0 Å². The number of allylic oxidation sites excluding steroid dienone is 2. The van der Waals surface area contributed by atoms with Gasteiger partial charge in [-0.25, -0.2) is 4.70 Å². The van der Waals surface area contributed by atoms with Crippen LogP contribution in [0.1, 0.15) is 166 Å². The van der Waals surface area contributed by atoms with E-state index in [0.717, 1.165) is 67.5 Å². The molecule has 0 saturated carbocycles. The van der Waals surface area contributed by atoms with Crippen molar-refractivity contribution in [1.29, 1.82) is 0 Å². The second kappa shape index (κ2) is 28.3. The van der Waals surface area contributed by atoms with Crippen LogP contribution in [0, 0.1) is 13.8 Å². The molecule has 45 heavy (non-hydrogen) atoms. The number of benzene rings is 2. The molecule has 1 heterocycles. The first kappa shape index (κ1) is 43.0. The molecular formula is C42H66N2Ni. The van der Waals surface area contributed by atoms with Gasteiger partial charge in [-0.3, -0.25) is 0 Å². The van der Waals surface area contributed by atoms with Crippen LogP contribution in [-0.2, 0) is 29.3 Å². The minimum atomic E-state index is 0. The van der Waals surface area contributed by atoms with Crippen LogP contribution in [0.5, 0.6) is 0 Å². The molecular weight excluding hydrogens is 591 g/mol. The average molecular weight is 658 g/mol. The Labute approximate surface area is 290 Å². The average Bonchev–Trinajstić information content (AvgIpc) is 3.38. The quantitative estimate of drug-likeness (QED) is 0.0622. The minimum Gasteiger partial charge on any atom is -0.493 e. The van der Waals surface area contributed by atoms with E-state index < -0.39 is 0 Å². The molecule has 0 N–H and O–H groups in total. The zero-order valence-electron chi connectivity index (χ0n) is 29.8. The van der Waals surface area contributed by atoms with Gasteiger partial charge in [-0.05, 0) is 73.9 Å². The van der Waals surface area contributed by atoms with Crippen molar-refractivity contribution in [2.45, 2.75) is 157 Å². The van der Waals surface area contributed by atoms with Crippen molar-refractivity contribution < 1.29 is 21.2 Å². The third-order valence-electron chi connectivity index (χ3n) is 8.12. The zero-order chi connectivity index (χ0) is 32.4. The topological polar surface area (TPSA) is 25.3 Å². The van der Waals surface area contributed by atoms with Crippen molar-refractivity contribution in [3.8, 4) is 0 Å². The number of hydrogen-bond donors (Lipinski definition) is 0. The van der Waals surface area contributed by atoms with E-state index in [1.54, 1.807) is 0 Å². The van der Waals surface area contributed by atoms with Crippen LogP contribution in [0.4, 0.5) is 0 Å². The molecule has 0 unspecified atom stereocenters. The maximum atomic E-state index is 11.3. The summed E-state index contributed by atoms with van der Waals surface area (Å²) in [5.74, 6) is 0. The Kier molecular flexibility index (Phi) is 27.0. The van der Waals surface area contributed by atoms with Gasteiger partial charge in [0.2, 0.25) is 11.4 Å². The van der Waals surface area contributed by atoms with Crippen LogP contribution in [0.25, 0.3) is 16.9 Å². The number of aryl methyl sites for hydroxylation is 2. The molecule has 0 atom stereocenters. The molecule has 1 aliphatic heterocycles. The fraction of sp³-hybridized carbons (Fsp3) is 0.571. The predicted octanol–water partition coefficient (Wildman–Crippen LogP) is 13.9. The van der Waals surface area contributed by atoms with Crippen molar-refractivity contribution in [3.63, 3.8) is 0 Å². The van der Waals surface area contributed by atoms with Gasteiger partial charge in [0.1, 0.15) is 0 Å².